The second-order valence-electron chi connectivity index (χ2n) is 6.35. The maximum atomic E-state index is 8.03. The molecule has 136 valence electrons. The van der Waals surface area contributed by atoms with Crippen molar-refractivity contribution in [1.29, 1.82) is 0 Å². The van der Waals surface area contributed by atoms with Gasteiger partial charge in [0.1, 0.15) is 0 Å². The maximum absolute atomic E-state index is 8.03. The molecule has 0 aliphatic heterocycles. The van der Waals surface area contributed by atoms with Crippen LogP contribution in [0.4, 0.5) is 0 Å². The first-order chi connectivity index (χ1) is 12.7. The van der Waals surface area contributed by atoms with Crippen LogP contribution in [-0.2, 0) is 0 Å². The Balaban J connectivity index is 0.00000210. The molecule has 0 unspecified atom stereocenters. The monoisotopic (exact) mass is 454 g/mol. The van der Waals surface area contributed by atoms with E-state index in [4.69, 9.17) is 11.2 Å². The Morgan fingerprint density at radius 3 is 0.741 bits per heavy atom. The fraction of sp³-hybridized carbons (Fsp3) is 0. The minimum absolute atomic E-state index is 0. The molecule has 0 heterocycles. The Kier molecular flexibility index (Phi) is 5.86. The second-order valence-corrected chi connectivity index (χ2v) is 12.5. The van der Waals surface area contributed by atoms with E-state index in [2.05, 4.69) is 97.1 Å². The summed E-state index contributed by atoms with van der Waals surface area (Å²) in [5, 5.41) is 4.63. The third kappa shape index (κ3) is 3.05. The summed E-state index contributed by atoms with van der Waals surface area (Å²) in [5.74, 6) is -3.34. The first kappa shape index (κ1) is 19.8. The van der Waals surface area contributed by atoms with Crippen LogP contribution in [0.25, 0.3) is 0 Å². The van der Waals surface area contributed by atoms with Crippen LogP contribution in [-0.4, -0.2) is 0 Å². The van der Waals surface area contributed by atoms with Crippen molar-refractivity contribution in [3.05, 3.63) is 121 Å². The van der Waals surface area contributed by atoms with Crippen LogP contribution in [0.15, 0.2) is 121 Å². The van der Waals surface area contributed by atoms with E-state index in [0.29, 0.717) is 0 Å². The van der Waals surface area contributed by atoms with Crippen LogP contribution in [0, 0.1) is 0 Å². The Bertz CT molecular complexity index is 820. The van der Waals surface area contributed by atoms with E-state index in [1.165, 1.54) is 0 Å². The Morgan fingerprint density at radius 2 is 0.556 bits per heavy atom. The van der Waals surface area contributed by atoms with Crippen molar-refractivity contribution in [2.24, 2.45) is 0 Å². The van der Waals surface area contributed by atoms with Crippen molar-refractivity contribution < 1.29 is 0 Å². The summed E-state index contributed by atoms with van der Waals surface area (Å²) >= 11 is 8.03. The van der Waals surface area contributed by atoms with Gasteiger partial charge in [-0.15, -0.1) is 17.0 Å². The molecule has 0 amide bonds. The molecule has 27 heavy (non-hydrogen) atoms. The van der Waals surface area contributed by atoms with Crippen molar-refractivity contribution in [3.8, 4) is 0 Å². The van der Waals surface area contributed by atoms with Gasteiger partial charge in [0.05, 0.1) is 0 Å². The summed E-state index contributed by atoms with van der Waals surface area (Å²) in [6.07, 6.45) is 0. The summed E-state index contributed by atoms with van der Waals surface area (Å²) in [6.45, 7) is 0. The van der Waals surface area contributed by atoms with Crippen molar-refractivity contribution in [2.45, 2.75) is 0 Å². The van der Waals surface area contributed by atoms with E-state index in [9.17, 15) is 0 Å². The molecule has 0 aliphatic rings. The Labute approximate surface area is 176 Å². The number of rotatable bonds is 4. The van der Waals surface area contributed by atoms with Gasteiger partial charge in [-0.1, -0.05) is 0 Å². The minimum atomic E-state index is -3.34. The summed E-state index contributed by atoms with van der Waals surface area (Å²) in [7, 11) is 0. The predicted octanol–water partition coefficient (Wildman–Crippen LogP) is 5.57. The molecule has 0 nitrogen and oxygen atoms in total. The van der Waals surface area contributed by atoms with Gasteiger partial charge in [0.15, 0.2) is 0 Å². The van der Waals surface area contributed by atoms with Crippen LogP contribution < -0.4 is 21.2 Å². The molecule has 0 aliphatic carbocycles. The summed E-state index contributed by atoms with van der Waals surface area (Å²) in [4.78, 5) is 0. The fourth-order valence-corrected chi connectivity index (χ4v) is 9.80. The first-order valence-electron chi connectivity index (χ1n) is 8.71. The van der Waals surface area contributed by atoms with Gasteiger partial charge >= 0.3 is 160 Å². The van der Waals surface area contributed by atoms with Crippen molar-refractivity contribution >= 4 is 55.4 Å². The van der Waals surface area contributed by atoms with Gasteiger partial charge in [-0.3, -0.25) is 0 Å². The number of hydrogen-bond donors (Lipinski definition) is 0. The van der Waals surface area contributed by atoms with Gasteiger partial charge in [0.2, 0.25) is 0 Å². The van der Waals surface area contributed by atoms with Crippen LogP contribution >= 0.6 is 34.2 Å². The van der Waals surface area contributed by atoms with Crippen molar-refractivity contribution in [1.82, 2.24) is 0 Å². The van der Waals surface area contributed by atoms with Gasteiger partial charge in [0, 0.05) is 0 Å². The van der Waals surface area contributed by atoms with E-state index in [1.54, 1.807) is 0 Å². The van der Waals surface area contributed by atoms with Gasteiger partial charge < -0.3 is 0 Å². The topological polar surface area (TPSA) is 0 Å². The molecular weight excluding hydrogens is 435 g/mol. The van der Waals surface area contributed by atoms with Crippen molar-refractivity contribution in [2.75, 3.05) is 0 Å². The van der Waals surface area contributed by atoms with E-state index in [1.807, 2.05) is 24.3 Å². The second kappa shape index (κ2) is 7.98. The molecule has 0 saturated heterocycles. The van der Waals surface area contributed by atoms with Crippen LogP contribution in [0.5, 0.6) is 0 Å². The molecule has 3 heteroatoms. The summed E-state index contributed by atoms with van der Waals surface area (Å²) < 4.78 is 0. The van der Waals surface area contributed by atoms with Gasteiger partial charge in [-0.25, -0.2) is 0 Å². The quantitative estimate of drug-likeness (QED) is 0.353. The molecule has 0 aromatic heterocycles. The zero-order valence-corrected chi connectivity index (χ0v) is 18.1. The molecule has 0 atom stereocenters. The van der Waals surface area contributed by atoms with E-state index >= 15 is 0 Å². The number of hydrogen-bond acceptors (Lipinski definition) is 0. The zero-order chi connectivity index (χ0) is 17.9. The molecule has 4 aromatic rings. The number of halogens is 2. The molecule has 0 radical (unpaired) electrons. The number of benzene rings is 4. The molecule has 4 aromatic carbocycles. The van der Waals surface area contributed by atoms with Gasteiger partial charge in [-0.05, 0) is 0 Å². The fourth-order valence-electron chi connectivity index (χ4n) is 3.73. The van der Waals surface area contributed by atoms with Crippen LogP contribution in [0.1, 0.15) is 0 Å². The van der Waals surface area contributed by atoms with E-state index in [0.717, 1.165) is 21.2 Å². The van der Waals surface area contributed by atoms with Crippen molar-refractivity contribution in [3.63, 3.8) is 0 Å². The van der Waals surface area contributed by atoms with E-state index in [-0.39, 0.29) is 17.0 Å². The molecular formula is C24H21BrClP. The summed E-state index contributed by atoms with van der Waals surface area (Å²) in [6, 6.07) is 42.1. The summed E-state index contributed by atoms with van der Waals surface area (Å²) in [5.41, 5.74) is 0. The zero-order valence-electron chi connectivity index (χ0n) is 14.8. The Hall–Kier alpha value is -1.92. The first-order valence-corrected chi connectivity index (χ1v) is 11.8. The molecule has 4 rings (SSSR count). The van der Waals surface area contributed by atoms with Gasteiger partial charge in [0.25, 0.3) is 0 Å². The average molecular weight is 456 g/mol. The molecule has 0 fully saturated rings. The third-order valence-electron chi connectivity index (χ3n) is 4.96. The molecule has 0 N–H and O–H groups in total. The molecule has 0 saturated carbocycles. The van der Waals surface area contributed by atoms with E-state index < -0.39 is 5.96 Å². The SMILES string of the molecule is Br.ClP(c1ccccc1)(c1ccccc1)(c1ccccc1)c1ccccc1. The van der Waals surface area contributed by atoms with Crippen LogP contribution in [0.3, 0.4) is 0 Å². The molecule has 0 spiro atoms. The predicted molar refractivity (Wildman–Crippen MR) is 127 cm³/mol. The average Bonchev–Trinajstić information content (AvgIpc) is 2.76. The third-order valence-corrected chi connectivity index (χ3v) is 12.4. The van der Waals surface area contributed by atoms with Crippen LogP contribution in [0.2, 0.25) is 0 Å². The standard InChI is InChI=1S/C24H20ClP.BrH/c25-26(21-13-5-1-6-14-21,22-15-7-2-8-16-22,23-17-9-3-10-18-23)24-19-11-4-12-20-24;/h1-20H;1H. The normalized spacial score (nSPS) is 12.4. The van der Waals surface area contributed by atoms with Gasteiger partial charge in [-0.2, -0.15) is 0 Å². The molecule has 0 bridgehead atoms. The Morgan fingerprint density at radius 1 is 0.370 bits per heavy atom.